The number of aromatic nitrogens is 4. The number of aryl methyl sites for hydroxylation is 1. The zero-order chi connectivity index (χ0) is 21.6. The van der Waals surface area contributed by atoms with Gasteiger partial charge in [-0.3, -0.25) is 9.69 Å². The molecule has 3 aromatic rings. The first kappa shape index (κ1) is 20.1. The van der Waals surface area contributed by atoms with Crippen LogP contribution in [0.4, 0.5) is 0 Å². The molecule has 162 valence electrons. The van der Waals surface area contributed by atoms with Crippen LogP contribution in [0.5, 0.6) is 5.75 Å². The molecule has 0 radical (unpaired) electrons. The van der Waals surface area contributed by atoms with E-state index in [4.69, 9.17) is 4.74 Å². The summed E-state index contributed by atoms with van der Waals surface area (Å²) in [5.74, 6) is 2.72. The molecule has 0 atom stereocenters. The second kappa shape index (κ2) is 7.72. The lowest BCUT2D eigenvalue weighted by Gasteiger charge is -2.48. The molecule has 1 saturated heterocycles. The number of methoxy groups -OCH3 is 1. The molecule has 0 saturated carbocycles. The molecule has 1 amide bonds. The lowest BCUT2D eigenvalue weighted by molar-refractivity contribution is 0.0406. The van der Waals surface area contributed by atoms with Gasteiger partial charge in [-0.25, -0.2) is 4.98 Å². The molecule has 1 aromatic carbocycles. The van der Waals surface area contributed by atoms with Gasteiger partial charge < -0.3 is 14.2 Å². The van der Waals surface area contributed by atoms with Gasteiger partial charge in [0, 0.05) is 30.6 Å². The summed E-state index contributed by atoms with van der Waals surface area (Å²) in [6, 6.07) is 7.97. The summed E-state index contributed by atoms with van der Waals surface area (Å²) in [5.41, 5.74) is 1.46. The quantitative estimate of drug-likeness (QED) is 0.626. The van der Waals surface area contributed by atoms with Crippen molar-refractivity contribution >= 4 is 17.2 Å². The number of likely N-dealkylation sites (tertiary alicyclic amines) is 1. The predicted octanol–water partition coefficient (Wildman–Crippen LogP) is 2.80. The molecular formula is C22H26N6O2S. The molecule has 1 spiro atoms. The third-order valence-corrected chi connectivity index (χ3v) is 7.12. The summed E-state index contributed by atoms with van der Waals surface area (Å²) in [5, 5.41) is 11.9. The fraction of sp³-hybridized carbons (Fsp3) is 0.455. The Morgan fingerprint density at radius 3 is 2.55 bits per heavy atom. The van der Waals surface area contributed by atoms with Crippen molar-refractivity contribution in [3.05, 3.63) is 46.2 Å². The van der Waals surface area contributed by atoms with E-state index in [2.05, 4.69) is 31.7 Å². The van der Waals surface area contributed by atoms with Crippen molar-refractivity contribution in [2.45, 2.75) is 31.8 Å². The van der Waals surface area contributed by atoms with Gasteiger partial charge >= 0.3 is 0 Å². The standard InChI is InChI=1S/C22H26N6O2S/c1-15-23-18(13-31-15)21(29)27-10-8-22(9-11-27)14-26(2)12-19-24-25-20(28(19)22)16-4-6-17(30-3)7-5-16/h4-7,13H,8-12,14H2,1-3H3. The van der Waals surface area contributed by atoms with E-state index >= 15 is 0 Å². The third-order valence-electron chi connectivity index (χ3n) is 6.35. The molecule has 4 heterocycles. The smallest absolute Gasteiger partial charge is 0.273 e. The number of fused-ring (bicyclic) bond motifs is 2. The van der Waals surface area contributed by atoms with E-state index in [1.54, 1.807) is 7.11 Å². The Kier molecular flexibility index (Phi) is 5.02. The van der Waals surface area contributed by atoms with Crippen LogP contribution in [0.1, 0.15) is 34.2 Å². The Bertz CT molecular complexity index is 1100. The summed E-state index contributed by atoms with van der Waals surface area (Å²) in [6.45, 7) is 5.01. The molecule has 2 aliphatic rings. The number of ether oxygens (including phenoxy) is 1. The van der Waals surface area contributed by atoms with Crippen LogP contribution < -0.4 is 4.74 Å². The van der Waals surface area contributed by atoms with Crippen molar-refractivity contribution in [2.24, 2.45) is 0 Å². The lowest BCUT2D eigenvalue weighted by Crippen LogP contribution is -2.56. The van der Waals surface area contributed by atoms with Gasteiger partial charge in [0.1, 0.15) is 17.3 Å². The van der Waals surface area contributed by atoms with Crippen molar-refractivity contribution in [1.29, 1.82) is 0 Å². The van der Waals surface area contributed by atoms with Crippen LogP contribution >= 0.6 is 11.3 Å². The van der Waals surface area contributed by atoms with Crippen molar-refractivity contribution < 1.29 is 9.53 Å². The maximum absolute atomic E-state index is 12.9. The average Bonchev–Trinajstić information content (AvgIpc) is 3.40. The number of hydrogen-bond donors (Lipinski definition) is 0. The van der Waals surface area contributed by atoms with Crippen molar-refractivity contribution in [1.82, 2.24) is 29.5 Å². The Morgan fingerprint density at radius 2 is 1.90 bits per heavy atom. The molecular weight excluding hydrogens is 412 g/mol. The minimum absolute atomic E-state index is 0.0303. The largest absolute Gasteiger partial charge is 0.497 e. The zero-order valence-corrected chi connectivity index (χ0v) is 18.9. The number of likely N-dealkylation sites (N-methyl/N-ethyl adjacent to an activating group) is 1. The van der Waals surface area contributed by atoms with E-state index in [-0.39, 0.29) is 11.4 Å². The number of hydrogen-bond acceptors (Lipinski definition) is 7. The number of carbonyl (C=O) groups excluding carboxylic acids is 1. The fourth-order valence-electron chi connectivity index (χ4n) is 4.85. The van der Waals surface area contributed by atoms with Crippen LogP contribution in [0.15, 0.2) is 29.6 Å². The monoisotopic (exact) mass is 438 g/mol. The summed E-state index contributed by atoms with van der Waals surface area (Å²) < 4.78 is 7.64. The van der Waals surface area contributed by atoms with Crippen LogP contribution in [0.25, 0.3) is 11.4 Å². The normalized spacial score (nSPS) is 18.2. The van der Waals surface area contributed by atoms with Gasteiger partial charge in [0.15, 0.2) is 5.82 Å². The SMILES string of the molecule is COc1ccc(-c2nnc3n2C2(CCN(C(=O)c4csc(C)n4)CC2)CN(C)C3)cc1. The number of nitrogens with zero attached hydrogens (tertiary/aromatic N) is 6. The molecule has 1 fully saturated rings. The number of benzene rings is 1. The minimum atomic E-state index is -0.129. The van der Waals surface area contributed by atoms with Crippen LogP contribution in [0.2, 0.25) is 0 Å². The van der Waals surface area contributed by atoms with Crippen LogP contribution in [-0.4, -0.2) is 69.2 Å². The van der Waals surface area contributed by atoms with E-state index in [9.17, 15) is 4.79 Å². The average molecular weight is 439 g/mol. The number of rotatable bonds is 3. The Labute approximate surface area is 185 Å². The van der Waals surface area contributed by atoms with E-state index in [1.165, 1.54) is 11.3 Å². The number of piperidine rings is 1. The summed E-state index contributed by atoms with van der Waals surface area (Å²) in [7, 11) is 3.79. The maximum atomic E-state index is 12.9. The second-order valence-electron chi connectivity index (χ2n) is 8.44. The van der Waals surface area contributed by atoms with E-state index in [0.29, 0.717) is 18.8 Å². The summed E-state index contributed by atoms with van der Waals surface area (Å²) in [6.07, 6.45) is 1.72. The molecule has 31 heavy (non-hydrogen) atoms. The number of thiazole rings is 1. The van der Waals surface area contributed by atoms with E-state index < -0.39 is 0 Å². The first-order chi connectivity index (χ1) is 15.0. The lowest BCUT2D eigenvalue weighted by atomic mass is 9.84. The molecule has 0 bridgehead atoms. The Morgan fingerprint density at radius 1 is 1.16 bits per heavy atom. The van der Waals surface area contributed by atoms with Gasteiger partial charge in [-0.1, -0.05) is 0 Å². The van der Waals surface area contributed by atoms with Crippen LogP contribution in [-0.2, 0) is 12.1 Å². The highest BCUT2D eigenvalue weighted by Crippen LogP contribution is 2.39. The molecule has 8 nitrogen and oxygen atoms in total. The zero-order valence-electron chi connectivity index (χ0n) is 18.0. The third kappa shape index (κ3) is 3.51. The first-order valence-corrected chi connectivity index (χ1v) is 11.4. The van der Waals surface area contributed by atoms with Gasteiger partial charge in [0.2, 0.25) is 0 Å². The summed E-state index contributed by atoms with van der Waals surface area (Å²) in [4.78, 5) is 21.5. The Balaban J connectivity index is 1.44. The second-order valence-corrected chi connectivity index (χ2v) is 9.51. The topological polar surface area (TPSA) is 76.4 Å². The van der Waals surface area contributed by atoms with Crippen LogP contribution in [0.3, 0.4) is 0 Å². The van der Waals surface area contributed by atoms with Gasteiger partial charge in [0.25, 0.3) is 5.91 Å². The van der Waals surface area contributed by atoms with Gasteiger partial charge in [0.05, 0.1) is 24.2 Å². The van der Waals surface area contributed by atoms with E-state index in [1.807, 2.05) is 41.5 Å². The molecule has 0 N–H and O–H groups in total. The van der Waals surface area contributed by atoms with E-state index in [0.717, 1.165) is 53.9 Å². The highest BCUT2D eigenvalue weighted by atomic mass is 32.1. The molecule has 9 heteroatoms. The number of amides is 1. The van der Waals surface area contributed by atoms with Crippen LogP contribution in [0, 0.1) is 6.92 Å². The summed E-state index contributed by atoms with van der Waals surface area (Å²) >= 11 is 1.52. The molecule has 0 aliphatic carbocycles. The highest BCUT2D eigenvalue weighted by Gasteiger charge is 2.44. The minimum Gasteiger partial charge on any atom is -0.497 e. The number of carbonyl (C=O) groups is 1. The maximum Gasteiger partial charge on any atom is 0.273 e. The highest BCUT2D eigenvalue weighted by molar-refractivity contribution is 7.09. The fourth-order valence-corrected chi connectivity index (χ4v) is 5.43. The Hall–Kier alpha value is -2.78. The molecule has 5 rings (SSSR count). The van der Waals surface area contributed by atoms with Gasteiger partial charge in [-0.2, -0.15) is 0 Å². The molecule has 2 aliphatic heterocycles. The predicted molar refractivity (Wildman–Crippen MR) is 118 cm³/mol. The first-order valence-electron chi connectivity index (χ1n) is 10.5. The van der Waals surface area contributed by atoms with Gasteiger partial charge in [-0.15, -0.1) is 21.5 Å². The molecule has 2 aromatic heterocycles. The van der Waals surface area contributed by atoms with Crippen molar-refractivity contribution in [3.8, 4) is 17.1 Å². The van der Waals surface area contributed by atoms with Crippen molar-refractivity contribution in [3.63, 3.8) is 0 Å². The van der Waals surface area contributed by atoms with Gasteiger partial charge in [-0.05, 0) is 51.1 Å². The van der Waals surface area contributed by atoms with Crippen molar-refractivity contribution in [2.75, 3.05) is 33.8 Å². The molecule has 0 unspecified atom stereocenters.